The third kappa shape index (κ3) is 3.10. The van der Waals surface area contributed by atoms with Crippen LogP contribution in [0.15, 0.2) is 45.6 Å². The van der Waals surface area contributed by atoms with Crippen molar-refractivity contribution in [2.45, 2.75) is 0 Å². The summed E-state index contributed by atoms with van der Waals surface area (Å²) in [5.41, 5.74) is 1.01. The number of benzene rings is 1. The van der Waals surface area contributed by atoms with Crippen molar-refractivity contribution in [1.29, 1.82) is 0 Å². The SMILES string of the molecule is O=C(Nc1ccc(Br)cc1Cl)c1cccnc1Br. The second-order valence-corrected chi connectivity index (χ2v) is 5.49. The number of anilines is 1. The highest BCUT2D eigenvalue weighted by atomic mass is 79.9. The zero-order chi connectivity index (χ0) is 13.1. The number of carbonyl (C=O) groups is 1. The quantitative estimate of drug-likeness (QED) is 0.767. The molecule has 0 atom stereocenters. The summed E-state index contributed by atoms with van der Waals surface area (Å²) in [6.45, 7) is 0. The lowest BCUT2D eigenvalue weighted by Crippen LogP contribution is -2.13. The van der Waals surface area contributed by atoms with Crippen LogP contribution in [0.5, 0.6) is 0 Å². The van der Waals surface area contributed by atoms with E-state index < -0.39 is 0 Å². The first-order valence-corrected chi connectivity index (χ1v) is 6.91. The normalized spacial score (nSPS) is 10.2. The largest absolute Gasteiger partial charge is 0.321 e. The topological polar surface area (TPSA) is 42.0 Å². The van der Waals surface area contributed by atoms with Crippen molar-refractivity contribution in [3.63, 3.8) is 0 Å². The predicted octanol–water partition coefficient (Wildman–Crippen LogP) is 4.51. The van der Waals surface area contributed by atoms with E-state index in [1.807, 2.05) is 0 Å². The van der Waals surface area contributed by atoms with Gasteiger partial charge < -0.3 is 5.32 Å². The summed E-state index contributed by atoms with van der Waals surface area (Å²) < 4.78 is 1.35. The fourth-order valence-corrected chi connectivity index (χ4v) is 2.49. The van der Waals surface area contributed by atoms with Crippen LogP contribution in [0, 0.1) is 0 Å². The molecule has 18 heavy (non-hydrogen) atoms. The first-order valence-electron chi connectivity index (χ1n) is 4.95. The molecular weight excluding hydrogens is 383 g/mol. The number of carbonyl (C=O) groups excluding carboxylic acids is 1. The van der Waals surface area contributed by atoms with E-state index in [1.54, 1.807) is 36.5 Å². The molecule has 1 amide bonds. The number of nitrogens with one attached hydrogen (secondary N) is 1. The maximum Gasteiger partial charge on any atom is 0.258 e. The molecule has 1 N–H and O–H groups in total. The molecule has 0 saturated heterocycles. The molecule has 0 aliphatic carbocycles. The Morgan fingerprint density at radius 2 is 2.06 bits per heavy atom. The summed E-state index contributed by atoms with van der Waals surface area (Å²) in [6, 6.07) is 8.63. The van der Waals surface area contributed by atoms with Crippen LogP contribution in [0.25, 0.3) is 0 Å². The maximum atomic E-state index is 12.0. The zero-order valence-corrected chi connectivity index (χ0v) is 12.9. The molecular formula is C12H7Br2ClN2O. The van der Waals surface area contributed by atoms with Crippen molar-refractivity contribution in [3.8, 4) is 0 Å². The van der Waals surface area contributed by atoms with Gasteiger partial charge in [-0.25, -0.2) is 4.98 Å². The zero-order valence-electron chi connectivity index (χ0n) is 8.95. The molecule has 2 rings (SSSR count). The molecule has 0 fully saturated rings. The van der Waals surface area contributed by atoms with E-state index in [2.05, 4.69) is 42.2 Å². The molecule has 0 saturated carbocycles. The maximum absolute atomic E-state index is 12.0. The number of pyridine rings is 1. The van der Waals surface area contributed by atoms with Gasteiger partial charge in [0.25, 0.3) is 5.91 Å². The van der Waals surface area contributed by atoms with E-state index in [9.17, 15) is 4.79 Å². The Bertz CT molecular complexity index is 604. The Hall–Kier alpha value is -0.910. The smallest absolute Gasteiger partial charge is 0.258 e. The van der Waals surface area contributed by atoms with Crippen molar-refractivity contribution in [3.05, 3.63) is 56.2 Å². The van der Waals surface area contributed by atoms with Gasteiger partial charge in [0, 0.05) is 10.7 Å². The van der Waals surface area contributed by atoms with E-state index in [0.717, 1.165) is 4.47 Å². The summed E-state index contributed by atoms with van der Waals surface area (Å²) in [5.74, 6) is -0.265. The fourth-order valence-electron chi connectivity index (χ4n) is 1.34. The van der Waals surface area contributed by atoms with Gasteiger partial charge in [-0.1, -0.05) is 27.5 Å². The van der Waals surface area contributed by atoms with Crippen LogP contribution in [0.4, 0.5) is 5.69 Å². The monoisotopic (exact) mass is 388 g/mol. The Morgan fingerprint density at radius 1 is 1.28 bits per heavy atom. The fraction of sp³-hybridized carbons (Fsp3) is 0. The molecule has 0 radical (unpaired) electrons. The van der Waals surface area contributed by atoms with Crippen LogP contribution in [0.2, 0.25) is 5.02 Å². The molecule has 1 aromatic carbocycles. The van der Waals surface area contributed by atoms with Gasteiger partial charge in [0.15, 0.2) is 0 Å². The Balaban J connectivity index is 2.24. The van der Waals surface area contributed by atoms with E-state index in [-0.39, 0.29) is 5.91 Å². The standard InChI is InChI=1S/C12H7Br2ClN2O/c13-7-3-4-10(9(15)6-7)17-12(18)8-2-1-5-16-11(8)14/h1-6H,(H,17,18). The van der Waals surface area contributed by atoms with E-state index in [0.29, 0.717) is 20.9 Å². The van der Waals surface area contributed by atoms with Gasteiger partial charge in [-0.05, 0) is 46.3 Å². The molecule has 92 valence electrons. The average molecular weight is 390 g/mol. The molecule has 0 unspecified atom stereocenters. The third-order valence-electron chi connectivity index (χ3n) is 2.18. The van der Waals surface area contributed by atoms with Crippen molar-refractivity contribution in [2.75, 3.05) is 5.32 Å². The lowest BCUT2D eigenvalue weighted by molar-refractivity contribution is 0.102. The van der Waals surface area contributed by atoms with Crippen LogP contribution >= 0.6 is 43.5 Å². The van der Waals surface area contributed by atoms with E-state index in [1.165, 1.54) is 0 Å². The number of aromatic nitrogens is 1. The molecule has 0 aliphatic heterocycles. The summed E-state index contributed by atoms with van der Waals surface area (Å²) >= 11 is 12.6. The number of hydrogen-bond donors (Lipinski definition) is 1. The van der Waals surface area contributed by atoms with Crippen LogP contribution in [-0.4, -0.2) is 10.9 Å². The predicted molar refractivity (Wildman–Crippen MR) is 79.0 cm³/mol. The van der Waals surface area contributed by atoms with Gasteiger partial charge >= 0.3 is 0 Å². The van der Waals surface area contributed by atoms with Crippen molar-refractivity contribution < 1.29 is 4.79 Å². The third-order valence-corrected chi connectivity index (χ3v) is 3.62. The summed E-state index contributed by atoms with van der Waals surface area (Å²) in [5, 5.41) is 3.20. The molecule has 2 aromatic rings. The van der Waals surface area contributed by atoms with Crippen LogP contribution in [0.1, 0.15) is 10.4 Å². The minimum absolute atomic E-state index is 0.265. The molecule has 1 aromatic heterocycles. The number of rotatable bonds is 2. The Labute approximate surface area is 126 Å². The van der Waals surface area contributed by atoms with Crippen LogP contribution < -0.4 is 5.32 Å². The molecule has 3 nitrogen and oxygen atoms in total. The number of amides is 1. The minimum Gasteiger partial charge on any atom is -0.321 e. The first kappa shape index (κ1) is 13.5. The van der Waals surface area contributed by atoms with Gasteiger partial charge in [-0.2, -0.15) is 0 Å². The summed E-state index contributed by atoms with van der Waals surface area (Å²) in [4.78, 5) is 16.0. The second-order valence-electron chi connectivity index (χ2n) is 3.42. The van der Waals surface area contributed by atoms with Crippen LogP contribution in [-0.2, 0) is 0 Å². The van der Waals surface area contributed by atoms with Gasteiger partial charge in [-0.3, -0.25) is 4.79 Å². The van der Waals surface area contributed by atoms with Gasteiger partial charge in [-0.15, -0.1) is 0 Å². The van der Waals surface area contributed by atoms with Gasteiger partial charge in [0.1, 0.15) is 4.60 Å². The Kier molecular flexibility index (Phi) is 4.37. The lowest BCUT2D eigenvalue weighted by Gasteiger charge is -2.08. The van der Waals surface area contributed by atoms with Crippen molar-refractivity contribution >= 4 is 55.1 Å². The Morgan fingerprint density at radius 3 is 2.72 bits per heavy atom. The average Bonchev–Trinajstić information content (AvgIpc) is 2.33. The van der Waals surface area contributed by atoms with E-state index in [4.69, 9.17) is 11.6 Å². The second kappa shape index (κ2) is 5.82. The molecule has 0 spiro atoms. The lowest BCUT2D eigenvalue weighted by atomic mass is 10.2. The minimum atomic E-state index is -0.265. The highest BCUT2D eigenvalue weighted by Gasteiger charge is 2.12. The molecule has 0 aliphatic rings. The molecule has 0 bridgehead atoms. The van der Waals surface area contributed by atoms with Crippen LogP contribution in [0.3, 0.4) is 0 Å². The number of hydrogen-bond acceptors (Lipinski definition) is 2. The highest BCUT2D eigenvalue weighted by molar-refractivity contribution is 9.10. The molecule has 6 heteroatoms. The van der Waals surface area contributed by atoms with E-state index >= 15 is 0 Å². The summed E-state index contributed by atoms with van der Waals surface area (Å²) in [6.07, 6.45) is 1.60. The van der Waals surface area contributed by atoms with Gasteiger partial charge in [0.2, 0.25) is 0 Å². The number of nitrogens with zero attached hydrogens (tertiary/aromatic N) is 1. The van der Waals surface area contributed by atoms with Crippen molar-refractivity contribution in [1.82, 2.24) is 4.98 Å². The van der Waals surface area contributed by atoms with Gasteiger partial charge in [0.05, 0.1) is 16.3 Å². The highest BCUT2D eigenvalue weighted by Crippen LogP contribution is 2.26. The summed E-state index contributed by atoms with van der Waals surface area (Å²) in [7, 11) is 0. The first-order chi connectivity index (χ1) is 8.58. The number of halogens is 3. The molecule has 1 heterocycles. The van der Waals surface area contributed by atoms with Crippen molar-refractivity contribution in [2.24, 2.45) is 0 Å².